The number of halogens is 1. The van der Waals surface area contributed by atoms with E-state index in [2.05, 4.69) is 10.5 Å². The van der Waals surface area contributed by atoms with Crippen LogP contribution in [-0.4, -0.2) is 36.9 Å². The maximum Gasteiger partial charge on any atom is 0.252 e. The van der Waals surface area contributed by atoms with Gasteiger partial charge in [-0.3, -0.25) is 4.79 Å². The van der Waals surface area contributed by atoms with Crippen LogP contribution in [0.25, 0.3) is 0 Å². The van der Waals surface area contributed by atoms with Crippen molar-refractivity contribution in [2.24, 2.45) is 5.92 Å². The third-order valence-corrected chi connectivity index (χ3v) is 7.34. The summed E-state index contributed by atoms with van der Waals surface area (Å²) in [5.41, 5.74) is 0. The normalized spacial score (nSPS) is 19.3. The second-order valence-corrected chi connectivity index (χ2v) is 9.45. The number of sulfonamides is 1. The maximum atomic E-state index is 12.6. The number of amides is 1. The zero-order valence-electron chi connectivity index (χ0n) is 12.9. The molecule has 0 aliphatic carbocycles. The first-order valence-electron chi connectivity index (χ1n) is 7.36. The number of hydrogen-bond acceptors (Lipinski definition) is 6. The van der Waals surface area contributed by atoms with Crippen LogP contribution in [0.1, 0.15) is 18.6 Å². The van der Waals surface area contributed by atoms with E-state index >= 15 is 0 Å². The average molecular weight is 390 g/mol. The van der Waals surface area contributed by atoms with Crippen molar-refractivity contribution < 1.29 is 17.7 Å². The van der Waals surface area contributed by atoms with E-state index in [0.717, 1.165) is 11.3 Å². The molecule has 0 bridgehead atoms. The van der Waals surface area contributed by atoms with Gasteiger partial charge in [-0.2, -0.15) is 4.31 Å². The number of rotatable bonds is 4. The molecular weight excluding hydrogens is 374 g/mol. The van der Waals surface area contributed by atoms with E-state index in [1.807, 2.05) is 0 Å². The zero-order chi connectivity index (χ0) is 17.3. The highest BCUT2D eigenvalue weighted by atomic mass is 35.5. The number of aryl methyl sites for hydroxylation is 1. The molecule has 1 aliphatic rings. The number of nitrogens with one attached hydrogen (secondary N) is 1. The van der Waals surface area contributed by atoms with Gasteiger partial charge in [0.2, 0.25) is 5.91 Å². The molecule has 1 aliphatic heterocycles. The number of aromatic nitrogens is 1. The number of hydrogen-bond donors (Lipinski definition) is 1. The first-order chi connectivity index (χ1) is 11.4. The van der Waals surface area contributed by atoms with Crippen molar-refractivity contribution in [1.29, 1.82) is 0 Å². The summed E-state index contributed by atoms with van der Waals surface area (Å²) in [6.45, 7) is 2.26. The molecule has 0 radical (unpaired) electrons. The Balaban J connectivity index is 1.71. The average Bonchev–Trinajstić information content (AvgIpc) is 3.16. The number of piperidine rings is 1. The van der Waals surface area contributed by atoms with E-state index in [1.54, 1.807) is 19.1 Å². The summed E-state index contributed by atoms with van der Waals surface area (Å²) in [6.07, 6.45) is 1.24. The number of thiophene rings is 1. The predicted molar refractivity (Wildman–Crippen MR) is 90.7 cm³/mol. The summed E-state index contributed by atoms with van der Waals surface area (Å²) in [5, 5.41) is 6.38. The maximum absolute atomic E-state index is 12.6. The Morgan fingerprint density at radius 3 is 2.92 bits per heavy atom. The lowest BCUT2D eigenvalue weighted by atomic mass is 9.99. The van der Waals surface area contributed by atoms with Crippen LogP contribution in [0.5, 0.6) is 0 Å². The quantitative estimate of drug-likeness (QED) is 0.867. The minimum absolute atomic E-state index is 0.139. The van der Waals surface area contributed by atoms with E-state index in [1.165, 1.54) is 10.4 Å². The van der Waals surface area contributed by atoms with Crippen LogP contribution in [0.2, 0.25) is 4.34 Å². The fourth-order valence-corrected chi connectivity index (χ4v) is 5.75. The van der Waals surface area contributed by atoms with Gasteiger partial charge >= 0.3 is 0 Å². The highest BCUT2D eigenvalue weighted by Crippen LogP contribution is 2.30. The summed E-state index contributed by atoms with van der Waals surface area (Å²) >= 11 is 6.85. The molecule has 24 heavy (non-hydrogen) atoms. The summed E-state index contributed by atoms with van der Waals surface area (Å²) in [7, 11) is -3.62. The van der Waals surface area contributed by atoms with E-state index in [-0.39, 0.29) is 16.7 Å². The van der Waals surface area contributed by atoms with Gasteiger partial charge in [-0.25, -0.2) is 8.42 Å². The van der Waals surface area contributed by atoms with E-state index in [9.17, 15) is 13.2 Å². The molecule has 2 aromatic heterocycles. The van der Waals surface area contributed by atoms with Crippen LogP contribution in [-0.2, 0) is 14.8 Å². The molecule has 1 N–H and O–H groups in total. The lowest BCUT2D eigenvalue weighted by Gasteiger charge is -2.30. The second-order valence-electron chi connectivity index (χ2n) is 5.57. The van der Waals surface area contributed by atoms with Crippen molar-refractivity contribution in [3.05, 3.63) is 28.3 Å². The van der Waals surface area contributed by atoms with Crippen molar-refractivity contribution in [1.82, 2.24) is 9.46 Å². The lowest BCUT2D eigenvalue weighted by Crippen LogP contribution is -2.43. The van der Waals surface area contributed by atoms with Gasteiger partial charge in [0.1, 0.15) is 9.97 Å². The molecule has 0 spiro atoms. The van der Waals surface area contributed by atoms with Crippen LogP contribution in [0, 0.1) is 12.8 Å². The Morgan fingerprint density at radius 2 is 2.29 bits per heavy atom. The molecule has 3 heterocycles. The minimum atomic E-state index is -3.62. The first kappa shape index (κ1) is 17.4. The minimum Gasteiger partial charge on any atom is -0.360 e. The van der Waals surface area contributed by atoms with E-state index in [4.69, 9.17) is 16.1 Å². The Kier molecular flexibility index (Phi) is 4.95. The van der Waals surface area contributed by atoms with Crippen LogP contribution < -0.4 is 5.32 Å². The Labute approximate surface area is 148 Å². The molecule has 1 saturated heterocycles. The number of carbonyl (C=O) groups is 1. The standard InChI is InChI=1S/C14H16ClN3O4S2/c1-9-7-12(17-22-9)16-14(19)10-3-2-6-18(8-10)24(20,21)13-5-4-11(15)23-13/h4-5,7,10H,2-3,6,8H2,1H3,(H,16,17,19). The van der Waals surface area contributed by atoms with Gasteiger partial charge in [0.15, 0.2) is 5.82 Å². The molecule has 0 aromatic carbocycles. The first-order valence-corrected chi connectivity index (χ1v) is 9.99. The number of anilines is 1. The molecular formula is C14H16ClN3O4S2. The SMILES string of the molecule is Cc1cc(NC(=O)C2CCCN(S(=O)(=O)c3ccc(Cl)s3)C2)no1. The smallest absolute Gasteiger partial charge is 0.252 e. The van der Waals surface area contributed by atoms with E-state index < -0.39 is 15.9 Å². The molecule has 0 saturated carbocycles. The molecule has 130 valence electrons. The van der Waals surface area contributed by atoms with Crippen LogP contribution >= 0.6 is 22.9 Å². The summed E-state index contributed by atoms with van der Waals surface area (Å²) in [6, 6.07) is 4.66. The number of carbonyl (C=O) groups excluding carboxylic acids is 1. The van der Waals surface area contributed by atoms with Crippen LogP contribution in [0.15, 0.2) is 26.9 Å². The fourth-order valence-electron chi connectivity index (χ4n) is 2.59. The molecule has 1 amide bonds. The van der Waals surface area contributed by atoms with Gasteiger partial charge in [0, 0.05) is 19.2 Å². The second kappa shape index (κ2) is 6.83. The van der Waals surface area contributed by atoms with Gasteiger partial charge in [0.05, 0.1) is 10.3 Å². The highest BCUT2D eigenvalue weighted by molar-refractivity contribution is 7.91. The summed E-state index contributed by atoms with van der Waals surface area (Å²) in [4.78, 5) is 12.4. The predicted octanol–water partition coefficient (Wildman–Crippen LogP) is 2.74. The third kappa shape index (κ3) is 3.64. The van der Waals surface area contributed by atoms with Crippen molar-refractivity contribution in [3.8, 4) is 0 Å². The Hall–Kier alpha value is -1.42. The highest BCUT2D eigenvalue weighted by Gasteiger charge is 2.34. The largest absolute Gasteiger partial charge is 0.360 e. The van der Waals surface area contributed by atoms with Gasteiger partial charge < -0.3 is 9.84 Å². The summed E-state index contributed by atoms with van der Waals surface area (Å²) < 4.78 is 32.2. The van der Waals surface area contributed by atoms with Gasteiger partial charge in [0.25, 0.3) is 10.0 Å². The molecule has 1 atom stereocenters. The van der Waals surface area contributed by atoms with E-state index in [0.29, 0.717) is 35.3 Å². The Bertz CT molecular complexity index is 846. The molecule has 3 rings (SSSR count). The molecule has 2 aromatic rings. The monoisotopic (exact) mass is 389 g/mol. The fraction of sp³-hybridized carbons (Fsp3) is 0.429. The van der Waals surface area contributed by atoms with Crippen LogP contribution in [0.3, 0.4) is 0 Å². The summed E-state index contributed by atoms with van der Waals surface area (Å²) in [5.74, 6) is 0.239. The molecule has 7 nitrogen and oxygen atoms in total. The topological polar surface area (TPSA) is 92.5 Å². The Morgan fingerprint density at radius 1 is 1.50 bits per heavy atom. The molecule has 1 unspecified atom stereocenters. The van der Waals surface area contributed by atoms with Gasteiger partial charge in [-0.1, -0.05) is 16.8 Å². The van der Waals surface area contributed by atoms with Gasteiger partial charge in [-0.05, 0) is 31.9 Å². The van der Waals surface area contributed by atoms with Crippen molar-refractivity contribution in [2.45, 2.75) is 24.0 Å². The van der Waals surface area contributed by atoms with Gasteiger partial charge in [-0.15, -0.1) is 11.3 Å². The molecule has 1 fully saturated rings. The number of nitrogens with zero attached hydrogens (tertiary/aromatic N) is 2. The van der Waals surface area contributed by atoms with Crippen molar-refractivity contribution in [2.75, 3.05) is 18.4 Å². The van der Waals surface area contributed by atoms with Crippen molar-refractivity contribution >= 4 is 44.7 Å². The lowest BCUT2D eigenvalue weighted by molar-refractivity contribution is -0.120. The third-order valence-electron chi connectivity index (χ3n) is 3.78. The zero-order valence-corrected chi connectivity index (χ0v) is 15.2. The van der Waals surface area contributed by atoms with Crippen LogP contribution in [0.4, 0.5) is 5.82 Å². The molecule has 10 heteroatoms. The van der Waals surface area contributed by atoms with Crippen molar-refractivity contribution in [3.63, 3.8) is 0 Å².